The fourth-order valence-electron chi connectivity index (χ4n) is 4.34. The van der Waals surface area contributed by atoms with Crippen LogP contribution in [0.1, 0.15) is 50.2 Å². The summed E-state index contributed by atoms with van der Waals surface area (Å²) in [6.45, 7) is 3.90. The van der Waals surface area contributed by atoms with Crippen molar-refractivity contribution in [1.29, 1.82) is 0 Å². The standard InChI is InChI=1S/C29H31Cl2NO3/c1-3-20(18-29(34)35)17-28(33)32-19(2)25(15-21-9-14-26(30)27(31)16-21)24-12-10-23(11-13-24)22-7-5-4-6-8-22/h4-14,16,19-20,25H,3,15,17-18H2,1-2H3,(H,32,33)(H,34,35). The predicted octanol–water partition coefficient (Wildman–Crippen LogP) is 7.38. The van der Waals surface area contributed by atoms with E-state index < -0.39 is 5.97 Å². The molecule has 0 aromatic heterocycles. The van der Waals surface area contributed by atoms with Crippen LogP contribution in [0.4, 0.5) is 0 Å². The summed E-state index contributed by atoms with van der Waals surface area (Å²) in [6, 6.07) is 24.0. The fraction of sp³-hybridized carbons (Fsp3) is 0.310. The number of aliphatic carboxylic acids is 1. The van der Waals surface area contributed by atoms with Crippen LogP contribution >= 0.6 is 23.2 Å². The molecule has 3 unspecified atom stereocenters. The van der Waals surface area contributed by atoms with E-state index in [0.717, 1.165) is 22.3 Å². The Bertz CT molecular complexity index is 1130. The normalized spacial score (nSPS) is 13.6. The Kier molecular flexibility index (Phi) is 9.76. The highest BCUT2D eigenvalue weighted by Gasteiger charge is 2.24. The van der Waals surface area contributed by atoms with E-state index >= 15 is 0 Å². The van der Waals surface area contributed by atoms with Crippen LogP contribution in [0.15, 0.2) is 72.8 Å². The number of nitrogens with one attached hydrogen (secondary N) is 1. The number of hydrogen-bond donors (Lipinski definition) is 2. The van der Waals surface area contributed by atoms with E-state index in [1.165, 1.54) is 0 Å². The Labute approximate surface area is 217 Å². The highest BCUT2D eigenvalue weighted by atomic mass is 35.5. The van der Waals surface area contributed by atoms with Crippen LogP contribution in [-0.4, -0.2) is 23.0 Å². The maximum Gasteiger partial charge on any atom is 0.303 e. The lowest BCUT2D eigenvalue weighted by Gasteiger charge is -2.27. The van der Waals surface area contributed by atoms with Crippen LogP contribution in [0.25, 0.3) is 11.1 Å². The summed E-state index contributed by atoms with van der Waals surface area (Å²) in [7, 11) is 0. The van der Waals surface area contributed by atoms with E-state index in [1.54, 1.807) is 6.07 Å². The second kappa shape index (κ2) is 12.8. The Balaban J connectivity index is 1.82. The number of benzene rings is 3. The molecule has 0 fully saturated rings. The summed E-state index contributed by atoms with van der Waals surface area (Å²) in [6.07, 6.45) is 1.49. The first-order valence-corrected chi connectivity index (χ1v) is 12.6. The maximum absolute atomic E-state index is 12.8. The van der Waals surface area contributed by atoms with E-state index in [0.29, 0.717) is 22.9 Å². The van der Waals surface area contributed by atoms with Crippen molar-refractivity contribution in [1.82, 2.24) is 5.32 Å². The van der Waals surface area contributed by atoms with Crippen molar-refractivity contribution in [3.63, 3.8) is 0 Å². The topological polar surface area (TPSA) is 66.4 Å². The molecule has 4 nitrogen and oxygen atoms in total. The average molecular weight is 512 g/mol. The molecular weight excluding hydrogens is 481 g/mol. The summed E-state index contributed by atoms with van der Waals surface area (Å²) in [5, 5.41) is 13.2. The molecule has 0 bridgehead atoms. The molecule has 0 heterocycles. The minimum absolute atomic E-state index is 0.00798. The van der Waals surface area contributed by atoms with Crippen LogP contribution in [0.5, 0.6) is 0 Å². The molecule has 0 aliphatic rings. The number of amides is 1. The van der Waals surface area contributed by atoms with Crippen LogP contribution in [0, 0.1) is 5.92 Å². The third kappa shape index (κ3) is 7.84. The molecule has 3 aromatic rings. The number of carboxylic acid groups (broad SMARTS) is 1. The van der Waals surface area contributed by atoms with Crippen molar-refractivity contribution < 1.29 is 14.7 Å². The van der Waals surface area contributed by atoms with E-state index in [-0.39, 0.29) is 36.6 Å². The van der Waals surface area contributed by atoms with Crippen molar-refractivity contribution >= 4 is 35.1 Å². The number of carbonyl (C=O) groups excluding carboxylic acids is 1. The first kappa shape index (κ1) is 26.8. The van der Waals surface area contributed by atoms with Crippen molar-refractivity contribution in [2.45, 2.75) is 51.5 Å². The Hall–Kier alpha value is -2.82. The lowest BCUT2D eigenvalue weighted by molar-refractivity contribution is -0.138. The van der Waals surface area contributed by atoms with Gasteiger partial charge in [-0.1, -0.05) is 97.2 Å². The largest absolute Gasteiger partial charge is 0.481 e. The lowest BCUT2D eigenvalue weighted by atomic mass is 9.85. The lowest BCUT2D eigenvalue weighted by Crippen LogP contribution is -2.38. The molecule has 0 aliphatic heterocycles. The van der Waals surface area contributed by atoms with Gasteiger partial charge in [-0.2, -0.15) is 0 Å². The number of carbonyl (C=O) groups is 2. The highest BCUT2D eigenvalue weighted by molar-refractivity contribution is 6.42. The maximum atomic E-state index is 12.8. The van der Waals surface area contributed by atoms with Gasteiger partial charge in [-0.25, -0.2) is 0 Å². The molecule has 3 atom stereocenters. The zero-order chi connectivity index (χ0) is 25.4. The molecule has 1 amide bonds. The molecule has 0 aliphatic carbocycles. The molecule has 2 N–H and O–H groups in total. The molecule has 35 heavy (non-hydrogen) atoms. The number of halogens is 2. The molecule has 6 heteroatoms. The minimum atomic E-state index is -0.881. The van der Waals surface area contributed by atoms with Crippen LogP contribution in [-0.2, 0) is 16.0 Å². The molecule has 0 saturated carbocycles. The summed E-state index contributed by atoms with van der Waals surface area (Å²) in [5.41, 5.74) is 4.39. The van der Waals surface area contributed by atoms with Gasteiger partial charge in [-0.05, 0) is 53.6 Å². The van der Waals surface area contributed by atoms with Gasteiger partial charge >= 0.3 is 5.97 Å². The van der Waals surface area contributed by atoms with Crippen LogP contribution in [0.2, 0.25) is 10.0 Å². The second-order valence-corrected chi connectivity index (χ2v) is 9.79. The summed E-state index contributed by atoms with van der Waals surface area (Å²) < 4.78 is 0. The first-order valence-electron chi connectivity index (χ1n) is 11.9. The first-order chi connectivity index (χ1) is 16.8. The highest BCUT2D eigenvalue weighted by Crippen LogP contribution is 2.30. The smallest absolute Gasteiger partial charge is 0.303 e. The third-order valence-electron chi connectivity index (χ3n) is 6.39. The molecule has 184 valence electrons. The van der Waals surface area contributed by atoms with E-state index in [4.69, 9.17) is 28.3 Å². The predicted molar refractivity (Wildman–Crippen MR) is 143 cm³/mol. The van der Waals surface area contributed by atoms with Gasteiger partial charge in [0.15, 0.2) is 0 Å². The van der Waals surface area contributed by atoms with Gasteiger partial charge in [0.1, 0.15) is 0 Å². The van der Waals surface area contributed by atoms with Crippen molar-refractivity contribution in [3.8, 4) is 11.1 Å². The SMILES string of the molecule is CCC(CC(=O)O)CC(=O)NC(C)C(Cc1ccc(Cl)c(Cl)c1)c1ccc(-c2ccccc2)cc1. The van der Waals surface area contributed by atoms with Crippen molar-refractivity contribution in [2.75, 3.05) is 0 Å². The Morgan fingerprint density at radius 2 is 1.54 bits per heavy atom. The number of hydrogen-bond acceptors (Lipinski definition) is 2. The summed E-state index contributed by atoms with van der Waals surface area (Å²) in [5.74, 6) is -1.21. The van der Waals surface area contributed by atoms with E-state index in [9.17, 15) is 9.59 Å². The van der Waals surface area contributed by atoms with Crippen molar-refractivity contribution in [3.05, 3.63) is 94.0 Å². The Morgan fingerprint density at radius 1 is 0.886 bits per heavy atom. The van der Waals surface area contributed by atoms with Gasteiger partial charge in [0.05, 0.1) is 10.0 Å². The van der Waals surface area contributed by atoms with Gasteiger partial charge in [-0.3, -0.25) is 9.59 Å². The van der Waals surface area contributed by atoms with Crippen LogP contribution in [0.3, 0.4) is 0 Å². The van der Waals surface area contributed by atoms with Gasteiger partial charge in [0, 0.05) is 24.8 Å². The van der Waals surface area contributed by atoms with Gasteiger partial charge < -0.3 is 10.4 Å². The zero-order valence-corrected chi connectivity index (χ0v) is 21.5. The molecule has 0 radical (unpaired) electrons. The fourth-order valence-corrected chi connectivity index (χ4v) is 4.66. The third-order valence-corrected chi connectivity index (χ3v) is 7.13. The average Bonchev–Trinajstić information content (AvgIpc) is 2.84. The molecule has 3 rings (SSSR count). The van der Waals surface area contributed by atoms with E-state index in [2.05, 4.69) is 41.7 Å². The van der Waals surface area contributed by atoms with Gasteiger partial charge in [-0.15, -0.1) is 0 Å². The second-order valence-electron chi connectivity index (χ2n) is 8.98. The molecule has 0 saturated heterocycles. The van der Waals surface area contributed by atoms with Gasteiger partial charge in [0.25, 0.3) is 0 Å². The minimum Gasteiger partial charge on any atom is -0.481 e. The molecule has 3 aromatic carbocycles. The van der Waals surface area contributed by atoms with Gasteiger partial charge in [0.2, 0.25) is 5.91 Å². The van der Waals surface area contributed by atoms with Crippen LogP contribution < -0.4 is 5.32 Å². The summed E-state index contributed by atoms with van der Waals surface area (Å²) in [4.78, 5) is 23.9. The summed E-state index contributed by atoms with van der Waals surface area (Å²) >= 11 is 12.4. The van der Waals surface area contributed by atoms with E-state index in [1.807, 2.05) is 44.2 Å². The number of carboxylic acids is 1. The Morgan fingerprint density at radius 3 is 2.14 bits per heavy atom. The quantitative estimate of drug-likeness (QED) is 0.282. The van der Waals surface area contributed by atoms with Crippen molar-refractivity contribution in [2.24, 2.45) is 5.92 Å². The monoisotopic (exact) mass is 511 g/mol. The zero-order valence-electron chi connectivity index (χ0n) is 20.0. The molecule has 0 spiro atoms. The molecular formula is C29H31Cl2NO3. The number of rotatable bonds is 11.